The number of thiazole rings is 1. The molecule has 0 aliphatic heterocycles. The molecule has 0 saturated carbocycles. The first-order valence-electron chi connectivity index (χ1n) is 6.08. The van der Waals surface area contributed by atoms with Gasteiger partial charge in [-0.25, -0.2) is 4.98 Å². The summed E-state index contributed by atoms with van der Waals surface area (Å²) in [7, 11) is 0. The molecule has 0 unspecified atom stereocenters. The summed E-state index contributed by atoms with van der Waals surface area (Å²) in [6.07, 6.45) is 3.69. The lowest BCUT2D eigenvalue weighted by Crippen LogP contribution is -2.23. The minimum Gasteiger partial charge on any atom is -0.346 e. The Labute approximate surface area is 123 Å². The van der Waals surface area contributed by atoms with Crippen LogP contribution in [0.5, 0.6) is 0 Å². The van der Waals surface area contributed by atoms with Crippen molar-refractivity contribution >= 4 is 27.9 Å². The molecular formula is C13H10N4O3S. The lowest BCUT2D eigenvalue weighted by molar-refractivity contribution is -0.385. The van der Waals surface area contributed by atoms with E-state index in [1.54, 1.807) is 6.07 Å². The zero-order valence-corrected chi connectivity index (χ0v) is 11.5. The van der Waals surface area contributed by atoms with Gasteiger partial charge in [-0.2, -0.15) is 0 Å². The van der Waals surface area contributed by atoms with Crippen molar-refractivity contribution in [1.29, 1.82) is 0 Å². The number of rotatable bonds is 4. The minimum atomic E-state index is -0.568. The van der Waals surface area contributed by atoms with E-state index in [2.05, 4.69) is 10.3 Å². The number of hydrogen-bond acceptors (Lipinski definition) is 5. The van der Waals surface area contributed by atoms with Crippen molar-refractivity contribution in [3.05, 3.63) is 63.4 Å². The normalized spacial score (nSPS) is 10.7. The van der Waals surface area contributed by atoms with Gasteiger partial charge in [-0.3, -0.25) is 19.3 Å². The summed E-state index contributed by atoms with van der Waals surface area (Å²) in [6.45, 7) is 0.222. The SMILES string of the molecule is O=C(NCc1cn2ccsc2n1)c1ccccc1[N+](=O)[O-]. The van der Waals surface area contributed by atoms with Crippen molar-refractivity contribution in [1.82, 2.24) is 14.7 Å². The number of nitrogens with one attached hydrogen (secondary N) is 1. The van der Waals surface area contributed by atoms with Gasteiger partial charge >= 0.3 is 0 Å². The number of fused-ring (bicyclic) bond motifs is 1. The Hall–Kier alpha value is -2.74. The molecule has 1 N–H and O–H groups in total. The maximum Gasteiger partial charge on any atom is 0.282 e. The third-order valence-corrected chi connectivity index (χ3v) is 3.69. The van der Waals surface area contributed by atoms with Crippen molar-refractivity contribution < 1.29 is 9.72 Å². The quantitative estimate of drug-likeness (QED) is 0.591. The van der Waals surface area contributed by atoms with Gasteiger partial charge in [-0.1, -0.05) is 12.1 Å². The first-order valence-corrected chi connectivity index (χ1v) is 6.96. The summed E-state index contributed by atoms with van der Waals surface area (Å²) in [6, 6.07) is 5.85. The zero-order valence-electron chi connectivity index (χ0n) is 10.7. The van der Waals surface area contributed by atoms with Crippen molar-refractivity contribution in [2.75, 3.05) is 0 Å². The molecule has 106 valence electrons. The largest absolute Gasteiger partial charge is 0.346 e. The number of carbonyl (C=O) groups excluding carboxylic acids is 1. The second-order valence-corrected chi connectivity index (χ2v) is 5.16. The maximum atomic E-state index is 12.0. The van der Waals surface area contributed by atoms with E-state index in [1.165, 1.54) is 29.5 Å². The van der Waals surface area contributed by atoms with Crippen molar-refractivity contribution in [3.8, 4) is 0 Å². The van der Waals surface area contributed by atoms with Crippen LogP contribution in [-0.2, 0) is 6.54 Å². The highest BCUT2D eigenvalue weighted by molar-refractivity contribution is 7.15. The molecule has 2 aromatic heterocycles. The lowest BCUT2D eigenvalue weighted by Gasteiger charge is -2.03. The number of benzene rings is 1. The average molecular weight is 302 g/mol. The van der Waals surface area contributed by atoms with Crippen LogP contribution in [0.4, 0.5) is 5.69 Å². The highest BCUT2D eigenvalue weighted by Gasteiger charge is 2.19. The van der Waals surface area contributed by atoms with Crippen LogP contribution >= 0.6 is 11.3 Å². The molecule has 1 aromatic carbocycles. The van der Waals surface area contributed by atoms with Gasteiger partial charge in [0.1, 0.15) is 5.56 Å². The molecule has 0 fully saturated rings. The molecular weight excluding hydrogens is 292 g/mol. The van der Waals surface area contributed by atoms with E-state index in [-0.39, 0.29) is 17.8 Å². The smallest absolute Gasteiger partial charge is 0.282 e. The fourth-order valence-electron chi connectivity index (χ4n) is 1.95. The van der Waals surface area contributed by atoms with Crippen LogP contribution in [0.15, 0.2) is 42.0 Å². The van der Waals surface area contributed by atoms with Gasteiger partial charge in [0.05, 0.1) is 17.2 Å². The number of carbonyl (C=O) groups is 1. The Morgan fingerprint density at radius 1 is 1.43 bits per heavy atom. The maximum absolute atomic E-state index is 12.0. The topological polar surface area (TPSA) is 89.5 Å². The summed E-state index contributed by atoms with van der Waals surface area (Å²) >= 11 is 1.49. The molecule has 0 bridgehead atoms. The first kappa shape index (κ1) is 13.3. The average Bonchev–Trinajstić information content (AvgIpc) is 3.05. The van der Waals surface area contributed by atoms with Crippen LogP contribution in [0.2, 0.25) is 0 Å². The highest BCUT2D eigenvalue weighted by Crippen LogP contribution is 2.17. The molecule has 7 nitrogen and oxygen atoms in total. The van der Waals surface area contributed by atoms with Crippen molar-refractivity contribution in [3.63, 3.8) is 0 Å². The number of hydrogen-bond donors (Lipinski definition) is 1. The summed E-state index contributed by atoms with van der Waals surface area (Å²) in [5.41, 5.74) is 0.540. The summed E-state index contributed by atoms with van der Waals surface area (Å²) in [5, 5.41) is 15.5. The van der Waals surface area contributed by atoms with E-state index in [0.29, 0.717) is 5.69 Å². The van der Waals surface area contributed by atoms with E-state index >= 15 is 0 Å². The second-order valence-electron chi connectivity index (χ2n) is 4.28. The molecule has 0 aliphatic rings. The molecule has 0 radical (unpaired) electrons. The van der Waals surface area contributed by atoms with Crippen molar-refractivity contribution in [2.45, 2.75) is 6.54 Å². The lowest BCUT2D eigenvalue weighted by atomic mass is 10.1. The summed E-state index contributed by atoms with van der Waals surface area (Å²) in [4.78, 5) is 27.5. The fourth-order valence-corrected chi connectivity index (χ4v) is 2.67. The molecule has 3 rings (SSSR count). The summed E-state index contributed by atoms with van der Waals surface area (Å²) in [5.74, 6) is -0.487. The molecule has 0 saturated heterocycles. The van der Waals surface area contributed by atoms with E-state index < -0.39 is 10.8 Å². The molecule has 8 heteroatoms. The molecule has 21 heavy (non-hydrogen) atoms. The summed E-state index contributed by atoms with van der Waals surface area (Å²) < 4.78 is 1.86. The van der Waals surface area contributed by atoms with Gasteiger partial charge in [0.2, 0.25) is 0 Å². The van der Waals surface area contributed by atoms with E-state index in [4.69, 9.17) is 0 Å². The van der Waals surface area contributed by atoms with Gasteiger partial charge in [0, 0.05) is 23.8 Å². The zero-order chi connectivity index (χ0) is 14.8. The third-order valence-electron chi connectivity index (χ3n) is 2.92. The Morgan fingerprint density at radius 3 is 3.00 bits per heavy atom. The van der Waals surface area contributed by atoms with Gasteiger partial charge < -0.3 is 5.32 Å². The monoisotopic (exact) mass is 302 g/mol. The fraction of sp³-hybridized carbons (Fsp3) is 0.0769. The molecule has 0 spiro atoms. The number of nitrogens with zero attached hydrogens (tertiary/aromatic N) is 3. The van der Waals surface area contributed by atoms with Gasteiger partial charge in [-0.05, 0) is 6.07 Å². The van der Waals surface area contributed by atoms with Gasteiger partial charge in [0.25, 0.3) is 11.6 Å². The van der Waals surface area contributed by atoms with E-state index in [0.717, 1.165) is 4.96 Å². The number of imidazole rings is 1. The predicted octanol–water partition coefficient (Wildman–Crippen LogP) is 2.23. The first-order chi connectivity index (χ1) is 10.1. The molecule has 0 aliphatic carbocycles. The minimum absolute atomic E-state index is 0.0449. The standard InChI is InChI=1S/C13H10N4O3S/c18-12(10-3-1-2-4-11(10)17(19)20)14-7-9-8-16-5-6-21-13(16)15-9/h1-6,8H,7H2,(H,14,18). The number of aromatic nitrogens is 2. The van der Waals surface area contributed by atoms with Gasteiger partial charge in [-0.15, -0.1) is 11.3 Å². The van der Waals surface area contributed by atoms with Crippen LogP contribution in [-0.4, -0.2) is 20.2 Å². The van der Waals surface area contributed by atoms with Crippen LogP contribution < -0.4 is 5.32 Å². The predicted molar refractivity (Wildman–Crippen MR) is 77.3 cm³/mol. The van der Waals surface area contributed by atoms with Gasteiger partial charge in [0.15, 0.2) is 4.96 Å². The molecule has 0 atom stereocenters. The highest BCUT2D eigenvalue weighted by atomic mass is 32.1. The van der Waals surface area contributed by atoms with Crippen LogP contribution in [0, 0.1) is 10.1 Å². The Morgan fingerprint density at radius 2 is 2.24 bits per heavy atom. The number of nitro benzene ring substituents is 1. The molecule has 2 heterocycles. The van der Waals surface area contributed by atoms with Crippen LogP contribution in [0.1, 0.15) is 16.1 Å². The molecule has 3 aromatic rings. The Bertz CT molecular complexity index is 795. The second kappa shape index (κ2) is 5.33. The van der Waals surface area contributed by atoms with Crippen LogP contribution in [0.3, 0.4) is 0 Å². The number of amides is 1. The number of para-hydroxylation sites is 1. The Kier molecular flexibility index (Phi) is 3.36. The molecule has 1 amide bonds. The third kappa shape index (κ3) is 2.61. The van der Waals surface area contributed by atoms with Crippen LogP contribution in [0.25, 0.3) is 4.96 Å². The van der Waals surface area contributed by atoms with Crippen molar-refractivity contribution in [2.24, 2.45) is 0 Å². The van der Waals surface area contributed by atoms with E-state index in [1.807, 2.05) is 22.2 Å². The number of nitro groups is 1. The van der Waals surface area contributed by atoms with E-state index in [9.17, 15) is 14.9 Å². The Balaban J connectivity index is 1.74.